The molecule has 1 fully saturated rings. The SMILES string of the molecule is COc1ccc(Nc2nc(N3CCN(Cc4ccccc4Cl)CC3)nc3ccccc23)cc1. The summed E-state index contributed by atoms with van der Waals surface area (Å²) in [5.41, 5.74) is 3.05. The van der Waals surface area contributed by atoms with Crippen LogP contribution in [0.1, 0.15) is 5.56 Å². The molecule has 0 amide bonds. The van der Waals surface area contributed by atoms with E-state index in [1.165, 1.54) is 5.56 Å². The van der Waals surface area contributed by atoms with Gasteiger partial charge in [-0.3, -0.25) is 4.90 Å². The lowest BCUT2D eigenvalue weighted by atomic mass is 10.2. The molecule has 0 unspecified atom stereocenters. The fourth-order valence-corrected chi connectivity index (χ4v) is 4.28. The number of anilines is 3. The van der Waals surface area contributed by atoms with Gasteiger partial charge in [-0.1, -0.05) is 41.9 Å². The maximum Gasteiger partial charge on any atom is 0.227 e. The van der Waals surface area contributed by atoms with E-state index in [1.807, 2.05) is 66.7 Å². The Bertz CT molecular complexity index is 1240. The summed E-state index contributed by atoms with van der Waals surface area (Å²) >= 11 is 6.35. The number of piperazine rings is 1. The molecular formula is C26H26ClN5O. The molecular weight excluding hydrogens is 434 g/mol. The first-order chi connectivity index (χ1) is 16.2. The lowest BCUT2D eigenvalue weighted by molar-refractivity contribution is 0.249. The van der Waals surface area contributed by atoms with Gasteiger partial charge in [0, 0.05) is 48.8 Å². The minimum absolute atomic E-state index is 0.752. The fourth-order valence-electron chi connectivity index (χ4n) is 4.09. The fraction of sp³-hybridized carbons (Fsp3) is 0.231. The summed E-state index contributed by atoms with van der Waals surface area (Å²) in [6.45, 7) is 4.46. The number of hydrogen-bond donors (Lipinski definition) is 1. The number of ether oxygens (including phenoxy) is 1. The van der Waals surface area contributed by atoms with Crippen LogP contribution in [-0.4, -0.2) is 48.2 Å². The third kappa shape index (κ3) is 4.87. The number of hydrogen-bond acceptors (Lipinski definition) is 6. The summed E-state index contributed by atoms with van der Waals surface area (Å²) in [4.78, 5) is 14.5. The highest BCUT2D eigenvalue weighted by molar-refractivity contribution is 6.31. The highest BCUT2D eigenvalue weighted by Gasteiger charge is 2.21. The smallest absolute Gasteiger partial charge is 0.227 e. The van der Waals surface area contributed by atoms with Gasteiger partial charge < -0.3 is 15.0 Å². The van der Waals surface area contributed by atoms with Crippen molar-refractivity contribution in [2.75, 3.05) is 43.5 Å². The topological polar surface area (TPSA) is 53.5 Å². The molecule has 168 valence electrons. The molecule has 1 saturated heterocycles. The van der Waals surface area contributed by atoms with Crippen LogP contribution in [0.4, 0.5) is 17.5 Å². The Hall–Kier alpha value is -3.35. The van der Waals surface area contributed by atoms with E-state index in [-0.39, 0.29) is 0 Å². The zero-order valence-electron chi connectivity index (χ0n) is 18.5. The lowest BCUT2D eigenvalue weighted by Crippen LogP contribution is -2.46. The molecule has 0 radical (unpaired) electrons. The standard InChI is InChI=1S/C26H26ClN5O/c1-33-21-12-10-20(11-13-21)28-25-22-7-3-5-9-24(22)29-26(30-25)32-16-14-31(15-17-32)18-19-6-2-4-8-23(19)27/h2-13H,14-18H2,1H3,(H,28,29,30). The third-order valence-corrected chi connectivity index (χ3v) is 6.32. The van der Waals surface area contributed by atoms with Crippen LogP contribution in [0.5, 0.6) is 5.75 Å². The second-order valence-corrected chi connectivity index (χ2v) is 8.50. The molecule has 0 spiro atoms. The average Bonchev–Trinajstić information content (AvgIpc) is 2.86. The van der Waals surface area contributed by atoms with E-state index in [4.69, 9.17) is 26.3 Å². The van der Waals surface area contributed by atoms with Crippen LogP contribution in [0.15, 0.2) is 72.8 Å². The number of nitrogens with one attached hydrogen (secondary N) is 1. The Labute approximate surface area is 198 Å². The van der Waals surface area contributed by atoms with E-state index >= 15 is 0 Å². The van der Waals surface area contributed by atoms with Gasteiger partial charge in [-0.2, -0.15) is 4.98 Å². The quantitative estimate of drug-likeness (QED) is 0.419. The average molecular weight is 460 g/mol. The first-order valence-corrected chi connectivity index (χ1v) is 11.5. The summed E-state index contributed by atoms with van der Waals surface area (Å²) in [7, 11) is 1.67. The maximum absolute atomic E-state index is 6.35. The van der Waals surface area contributed by atoms with Crippen molar-refractivity contribution >= 4 is 40.0 Å². The molecule has 0 saturated carbocycles. The lowest BCUT2D eigenvalue weighted by Gasteiger charge is -2.35. The van der Waals surface area contributed by atoms with Crippen LogP contribution in [-0.2, 0) is 6.54 Å². The first kappa shape index (κ1) is 21.5. The van der Waals surface area contributed by atoms with Gasteiger partial charge in [-0.15, -0.1) is 0 Å². The van der Waals surface area contributed by atoms with Gasteiger partial charge >= 0.3 is 0 Å². The predicted molar refractivity (Wildman–Crippen MR) is 135 cm³/mol. The van der Waals surface area contributed by atoms with Crippen molar-refractivity contribution in [3.63, 3.8) is 0 Å². The van der Waals surface area contributed by atoms with E-state index in [9.17, 15) is 0 Å². The Morgan fingerprint density at radius 2 is 1.61 bits per heavy atom. The van der Waals surface area contributed by atoms with Gasteiger partial charge in [0.1, 0.15) is 11.6 Å². The number of nitrogens with zero attached hydrogens (tertiary/aromatic N) is 4. The van der Waals surface area contributed by atoms with Gasteiger partial charge in [-0.05, 0) is 48.0 Å². The van der Waals surface area contributed by atoms with Crippen LogP contribution >= 0.6 is 11.6 Å². The van der Waals surface area contributed by atoms with Crippen molar-refractivity contribution in [3.8, 4) is 5.75 Å². The molecule has 1 aliphatic heterocycles. The third-order valence-electron chi connectivity index (χ3n) is 5.95. The zero-order valence-corrected chi connectivity index (χ0v) is 19.3. The minimum atomic E-state index is 0.752. The molecule has 33 heavy (non-hydrogen) atoms. The van der Waals surface area contributed by atoms with Crippen LogP contribution < -0.4 is 15.0 Å². The number of benzene rings is 3. The van der Waals surface area contributed by atoms with Gasteiger partial charge in [0.25, 0.3) is 0 Å². The number of halogens is 1. The van der Waals surface area contributed by atoms with E-state index in [0.717, 1.165) is 71.9 Å². The second kappa shape index (κ2) is 9.65. The van der Waals surface area contributed by atoms with Crippen LogP contribution in [0.25, 0.3) is 10.9 Å². The van der Waals surface area contributed by atoms with Crippen molar-refractivity contribution in [2.24, 2.45) is 0 Å². The molecule has 7 heteroatoms. The molecule has 6 nitrogen and oxygen atoms in total. The number of methoxy groups -OCH3 is 1. The normalized spacial score (nSPS) is 14.4. The molecule has 0 aliphatic carbocycles. The summed E-state index contributed by atoms with van der Waals surface area (Å²) < 4.78 is 5.27. The maximum atomic E-state index is 6.35. The first-order valence-electron chi connectivity index (χ1n) is 11.1. The van der Waals surface area contributed by atoms with Gasteiger partial charge in [-0.25, -0.2) is 4.98 Å². The van der Waals surface area contributed by atoms with E-state index in [0.29, 0.717) is 0 Å². The van der Waals surface area contributed by atoms with Crippen molar-refractivity contribution in [2.45, 2.75) is 6.54 Å². The van der Waals surface area contributed by atoms with E-state index in [2.05, 4.69) is 21.2 Å². The van der Waals surface area contributed by atoms with Gasteiger partial charge in [0.15, 0.2) is 0 Å². The summed E-state index contributed by atoms with van der Waals surface area (Å²) in [6.07, 6.45) is 0. The second-order valence-electron chi connectivity index (χ2n) is 8.10. The predicted octanol–water partition coefficient (Wildman–Crippen LogP) is 5.36. The van der Waals surface area contributed by atoms with Crippen molar-refractivity contribution < 1.29 is 4.74 Å². The van der Waals surface area contributed by atoms with Crippen LogP contribution in [0.3, 0.4) is 0 Å². The largest absolute Gasteiger partial charge is 0.497 e. The Kier molecular flexibility index (Phi) is 6.28. The molecule has 5 rings (SSSR count). The van der Waals surface area contributed by atoms with E-state index in [1.54, 1.807) is 7.11 Å². The minimum Gasteiger partial charge on any atom is -0.497 e. The summed E-state index contributed by atoms with van der Waals surface area (Å²) in [5, 5.41) is 5.29. The van der Waals surface area contributed by atoms with E-state index < -0.39 is 0 Å². The number of fused-ring (bicyclic) bond motifs is 1. The molecule has 3 aromatic carbocycles. The van der Waals surface area contributed by atoms with Gasteiger partial charge in [0.2, 0.25) is 5.95 Å². The van der Waals surface area contributed by atoms with Crippen molar-refractivity contribution in [1.82, 2.24) is 14.9 Å². The van der Waals surface area contributed by atoms with Crippen LogP contribution in [0, 0.1) is 0 Å². The van der Waals surface area contributed by atoms with Crippen molar-refractivity contribution in [3.05, 3.63) is 83.4 Å². The van der Waals surface area contributed by atoms with Crippen LogP contribution in [0.2, 0.25) is 5.02 Å². The van der Waals surface area contributed by atoms with Crippen molar-refractivity contribution in [1.29, 1.82) is 0 Å². The zero-order chi connectivity index (χ0) is 22.6. The summed E-state index contributed by atoms with van der Waals surface area (Å²) in [6, 6.07) is 24.0. The molecule has 0 atom stereocenters. The molecule has 1 N–H and O–H groups in total. The number of rotatable bonds is 6. The molecule has 1 aromatic heterocycles. The Morgan fingerprint density at radius 1 is 0.879 bits per heavy atom. The Morgan fingerprint density at radius 3 is 2.36 bits per heavy atom. The summed E-state index contributed by atoms with van der Waals surface area (Å²) in [5.74, 6) is 2.38. The Balaban J connectivity index is 1.34. The molecule has 2 heterocycles. The molecule has 0 bridgehead atoms. The monoisotopic (exact) mass is 459 g/mol. The highest BCUT2D eigenvalue weighted by atomic mass is 35.5. The highest BCUT2D eigenvalue weighted by Crippen LogP contribution is 2.28. The molecule has 1 aliphatic rings. The van der Waals surface area contributed by atoms with Gasteiger partial charge in [0.05, 0.1) is 12.6 Å². The molecule has 4 aromatic rings. The number of para-hydroxylation sites is 1. The number of aromatic nitrogens is 2.